The van der Waals surface area contributed by atoms with E-state index in [2.05, 4.69) is 138 Å². The van der Waals surface area contributed by atoms with Crippen molar-refractivity contribution in [3.8, 4) is 45.3 Å². The van der Waals surface area contributed by atoms with Crippen LogP contribution in [0.3, 0.4) is 0 Å². The highest BCUT2D eigenvalue weighted by Crippen LogP contribution is 2.47. The van der Waals surface area contributed by atoms with Crippen LogP contribution < -0.4 is 4.90 Å². The second-order valence-electron chi connectivity index (χ2n) is 15.1. The number of fused-ring (bicyclic) bond motifs is 8. The smallest absolute Gasteiger partial charge is 0.164 e. The first-order chi connectivity index (χ1) is 30.2. The second kappa shape index (κ2) is 14.4. The lowest BCUT2D eigenvalue weighted by molar-refractivity contribution is 0.672. The minimum Gasteiger partial charge on any atom is -0.455 e. The molecule has 0 atom stereocenters. The average Bonchev–Trinajstić information content (AvgIpc) is 3.92. The second-order valence-corrected chi connectivity index (χ2v) is 16.2. The van der Waals surface area contributed by atoms with Crippen molar-refractivity contribution >= 4 is 81.3 Å². The lowest BCUT2D eigenvalue weighted by Gasteiger charge is -2.27. The third-order valence-electron chi connectivity index (χ3n) is 11.5. The van der Waals surface area contributed by atoms with Crippen LogP contribution in [0.25, 0.3) is 98.2 Å². The Morgan fingerprint density at radius 3 is 1.67 bits per heavy atom. The summed E-state index contributed by atoms with van der Waals surface area (Å²) < 4.78 is 9.45. The molecule has 0 saturated heterocycles. The van der Waals surface area contributed by atoms with Crippen molar-refractivity contribution in [3.05, 3.63) is 206 Å². The van der Waals surface area contributed by atoms with Gasteiger partial charge in [0.2, 0.25) is 0 Å². The molecule has 61 heavy (non-hydrogen) atoms. The lowest BCUT2D eigenvalue weighted by Crippen LogP contribution is -2.10. The van der Waals surface area contributed by atoms with Crippen molar-refractivity contribution in [2.45, 2.75) is 0 Å². The molecule has 0 amide bonds. The van der Waals surface area contributed by atoms with Gasteiger partial charge in [-0.3, -0.25) is 0 Å². The fourth-order valence-corrected chi connectivity index (χ4v) is 9.94. The Kier molecular flexibility index (Phi) is 8.28. The molecule has 0 fully saturated rings. The van der Waals surface area contributed by atoms with Gasteiger partial charge in [-0.15, -0.1) is 11.3 Å². The monoisotopic (exact) mass is 798 g/mol. The van der Waals surface area contributed by atoms with E-state index in [0.717, 1.165) is 66.5 Å². The highest BCUT2D eigenvalue weighted by Gasteiger charge is 2.23. The van der Waals surface area contributed by atoms with E-state index in [1.165, 1.54) is 31.3 Å². The highest BCUT2D eigenvalue weighted by atomic mass is 32.1. The Morgan fingerprint density at radius 2 is 0.951 bits per heavy atom. The number of thiophene rings is 1. The van der Waals surface area contributed by atoms with E-state index in [1.807, 2.05) is 84.1 Å². The number of furan rings is 1. The maximum absolute atomic E-state index is 6.84. The van der Waals surface area contributed by atoms with Crippen LogP contribution in [0.1, 0.15) is 0 Å². The van der Waals surface area contributed by atoms with Gasteiger partial charge in [0.25, 0.3) is 0 Å². The molecule has 0 spiro atoms. The molecule has 0 radical (unpaired) electrons. The number of hydrogen-bond donors (Lipinski definition) is 0. The fraction of sp³-hybridized carbons (Fsp3) is 0. The topological polar surface area (TPSA) is 55.1 Å². The van der Waals surface area contributed by atoms with Crippen LogP contribution in [0.15, 0.2) is 211 Å². The molecule has 0 unspecified atom stereocenters. The summed E-state index contributed by atoms with van der Waals surface area (Å²) >= 11 is 1.86. The zero-order chi connectivity index (χ0) is 40.3. The summed E-state index contributed by atoms with van der Waals surface area (Å²) in [5.74, 6) is 1.81. The van der Waals surface area contributed by atoms with Gasteiger partial charge in [0, 0.05) is 69.8 Å². The SMILES string of the molecule is c1ccc(-c2nc(-c3ccccc3)nc(-c3cccc4oc5c6ccccc6c(N(c6ccccc6)c6ccc(-c7cccc8c7sc7ccccc78)cc6)cc5c34)n2)cc1. The molecule has 0 aliphatic heterocycles. The Labute approximate surface area is 355 Å². The fourth-order valence-electron chi connectivity index (χ4n) is 8.70. The van der Waals surface area contributed by atoms with Gasteiger partial charge in [-0.25, -0.2) is 15.0 Å². The predicted molar refractivity (Wildman–Crippen MR) is 254 cm³/mol. The maximum Gasteiger partial charge on any atom is 0.164 e. The molecule has 286 valence electrons. The standard InChI is InChI=1S/C55H34N4OS/c1-4-16-36(17-5-1)53-56-54(37-18-6-2-7-19-37)58-55(57-53)45-27-15-28-48-50(45)46-34-47(41-22-10-11-24-43(41)51(46)60-48)59(38-20-8-3-9-21-38)39-32-30-35(31-33-39)40-25-14-26-44-42-23-12-13-29-49(42)61-52(40)44/h1-34H. The average molecular weight is 799 g/mol. The van der Waals surface area contributed by atoms with Crippen LogP contribution in [-0.4, -0.2) is 15.0 Å². The number of benzene rings is 9. The number of hydrogen-bond acceptors (Lipinski definition) is 6. The first kappa shape index (κ1) is 35.1. The van der Waals surface area contributed by atoms with E-state index in [4.69, 9.17) is 19.4 Å². The van der Waals surface area contributed by atoms with E-state index in [9.17, 15) is 0 Å². The van der Waals surface area contributed by atoms with Crippen molar-refractivity contribution in [3.63, 3.8) is 0 Å². The molecule has 3 heterocycles. The molecule has 12 aromatic rings. The minimum absolute atomic E-state index is 0.583. The number of nitrogens with zero attached hydrogens (tertiary/aromatic N) is 4. The van der Waals surface area contributed by atoms with Gasteiger partial charge in [0.15, 0.2) is 17.5 Å². The Balaban J connectivity index is 1.07. The summed E-state index contributed by atoms with van der Waals surface area (Å²) in [5.41, 5.74) is 9.87. The molecular weight excluding hydrogens is 765 g/mol. The van der Waals surface area contributed by atoms with Crippen molar-refractivity contribution < 1.29 is 4.42 Å². The molecule has 0 saturated carbocycles. The molecule has 0 aliphatic rings. The van der Waals surface area contributed by atoms with Crippen LogP contribution >= 0.6 is 11.3 Å². The molecule has 0 bridgehead atoms. The summed E-state index contributed by atoms with van der Waals surface area (Å²) in [5, 5.41) is 6.64. The van der Waals surface area contributed by atoms with Crippen molar-refractivity contribution in [1.29, 1.82) is 0 Å². The Hall–Kier alpha value is -7.93. The van der Waals surface area contributed by atoms with Crippen LogP contribution in [0.4, 0.5) is 17.1 Å². The molecular formula is C55H34N4OS. The summed E-state index contributed by atoms with van der Waals surface area (Å²) in [4.78, 5) is 17.6. The van der Waals surface area contributed by atoms with Gasteiger partial charge in [0.05, 0.1) is 5.69 Å². The molecule has 3 aromatic heterocycles. The van der Waals surface area contributed by atoms with E-state index in [1.54, 1.807) is 0 Å². The van der Waals surface area contributed by atoms with E-state index in [0.29, 0.717) is 17.5 Å². The van der Waals surface area contributed by atoms with Gasteiger partial charge >= 0.3 is 0 Å². The lowest BCUT2D eigenvalue weighted by atomic mass is 9.99. The zero-order valence-corrected chi connectivity index (χ0v) is 33.6. The van der Waals surface area contributed by atoms with Gasteiger partial charge in [-0.05, 0) is 53.6 Å². The highest BCUT2D eigenvalue weighted by molar-refractivity contribution is 7.26. The van der Waals surface area contributed by atoms with E-state index < -0.39 is 0 Å². The van der Waals surface area contributed by atoms with Gasteiger partial charge < -0.3 is 9.32 Å². The van der Waals surface area contributed by atoms with Crippen LogP contribution in [0.2, 0.25) is 0 Å². The number of anilines is 3. The molecule has 6 heteroatoms. The summed E-state index contributed by atoms with van der Waals surface area (Å²) in [6.45, 7) is 0. The van der Waals surface area contributed by atoms with Gasteiger partial charge in [0.1, 0.15) is 11.2 Å². The first-order valence-corrected chi connectivity index (χ1v) is 21.2. The van der Waals surface area contributed by atoms with Gasteiger partial charge in [-0.1, -0.05) is 164 Å². The molecule has 12 rings (SSSR count). The zero-order valence-electron chi connectivity index (χ0n) is 32.7. The van der Waals surface area contributed by atoms with Gasteiger partial charge in [-0.2, -0.15) is 0 Å². The van der Waals surface area contributed by atoms with Crippen molar-refractivity contribution in [1.82, 2.24) is 15.0 Å². The molecule has 9 aromatic carbocycles. The van der Waals surface area contributed by atoms with Crippen LogP contribution in [-0.2, 0) is 0 Å². The number of aromatic nitrogens is 3. The number of rotatable bonds is 7. The van der Waals surface area contributed by atoms with Crippen LogP contribution in [0.5, 0.6) is 0 Å². The minimum atomic E-state index is 0.583. The first-order valence-electron chi connectivity index (χ1n) is 20.4. The quantitative estimate of drug-likeness (QED) is 0.161. The largest absolute Gasteiger partial charge is 0.455 e. The summed E-state index contributed by atoms with van der Waals surface area (Å²) in [7, 11) is 0. The van der Waals surface area contributed by atoms with Crippen molar-refractivity contribution in [2.75, 3.05) is 4.90 Å². The molecule has 0 N–H and O–H groups in total. The van der Waals surface area contributed by atoms with Crippen LogP contribution in [0, 0.1) is 0 Å². The maximum atomic E-state index is 6.84. The normalized spacial score (nSPS) is 11.6. The third kappa shape index (κ3) is 5.95. The van der Waals surface area contributed by atoms with E-state index >= 15 is 0 Å². The summed E-state index contributed by atoms with van der Waals surface area (Å²) in [6, 6.07) is 72.1. The molecule has 0 aliphatic carbocycles. The van der Waals surface area contributed by atoms with Crippen molar-refractivity contribution in [2.24, 2.45) is 0 Å². The third-order valence-corrected chi connectivity index (χ3v) is 12.7. The predicted octanol–water partition coefficient (Wildman–Crippen LogP) is 15.4. The van der Waals surface area contributed by atoms with E-state index in [-0.39, 0.29) is 0 Å². The Bertz CT molecular complexity index is 3520. The molecule has 5 nitrogen and oxygen atoms in total. The Morgan fingerprint density at radius 1 is 0.393 bits per heavy atom. The number of para-hydroxylation sites is 1. The summed E-state index contributed by atoms with van der Waals surface area (Å²) in [6.07, 6.45) is 0.